The van der Waals surface area contributed by atoms with Crippen molar-refractivity contribution in [2.75, 3.05) is 37.7 Å². The number of amides is 1. The number of fused-ring (bicyclic) bond motifs is 1. The van der Waals surface area contributed by atoms with Crippen LogP contribution in [0.4, 0.5) is 5.69 Å². The van der Waals surface area contributed by atoms with Gasteiger partial charge in [-0.3, -0.25) is 4.79 Å². The van der Waals surface area contributed by atoms with E-state index in [1.54, 1.807) is 0 Å². The lowest BCUT2D eigenvalue weighted by atomic mass is 10.1. The number of benzene rings is 2. The van der Waals surface area contributed by atoms with Crippen LogP contribution >= 0.6 is 0 Å². The summed E-state index contributed by atoms with van der Waals surface area (Å²) in [5.41, 5.74) is 1.06. The fraction of sp³-hybridized carbons (Fsp3) is 0.435. The van der Waals surface area contributed by atoms with Crippen molar-refractivity contribution in [1.29, 1.82) is 0 Å². The largest absolute Gasteiger partial charge is 0.494 e. The van der Waals surface area contributed by atoms with E-state index in [4.69, 9.17) is 9.47 Å². The van der Waals surface area contributed by atoms with Crippen LogP contribution in [0.1, 0.15) is 25.7 Å². The molecule has 5 heteroatoms. The highest BCUT2D eigenvalue weighted by Crippen LogP contribution is 2.33. The van der Waals surface area contributed by atoms with Crippen molar-refractivity contribution in [2.24, 2.45) is 0 Å². The Hall–Kier alpha value is -2.69. The van der Waals surface area contributed by atoms with Gasteiger partial charge < -0.3 is 19.3 Å². The Labute approximate surface area is 166 Å². The molecule has 1 saturated heterocycles. The summed E-state index contributed by atoms with van der Waals surface area (Å²) in [6.45, 7) is 3.78. The molecule has 2 heterocycles. The second kappa shape index (κ2) is 9.00. The molecule has 0 saturated carbocycles. The lowest BCUT2D eigenvalue weighted by molar-refractivity contribution is -0.139. The second-order valence-corrected chi connectivity index (χ2v) is 7.42. The first-order valence-corrected chi connectivity index (χ1v) is 10.3. The van der Waals surface area contributed by atoms with Gasteiger partial charge in [0.2, 0.25) is 0 Å². The van der Waals surface area contributed by atoms with Crippen LogP contribution in [-0.2, 0) is 4.79 Å². The van der Waals surface area contributed by atoms with Gasteiger partial charge in [0.1, 0.15) is 11.5 Å². The van der Waals surface area contributed by atoms with E-state index in [1.807, 2.05) is 53.4 Å². The molecule has 28 heavy (non-hydrogen) atoms. The molecule has 0 aliphatic carbocycles. The quantitative estimate of drug-likeness (QED) is 0.716. The van der Waals surface area contributed by atoms with E-state index in [1.165, 1.54) is 6.42 Å². The fourth-order valence-electron chi connectivity index (χ4n) is 3.93. The van der Waals surface area contributed by atoms with Crippen LogP contribution in [0.5, 0.6) is 11.5 Å². The number of rotatable bonds is 6. The summed E-state index contributed by atoms with van der Waals surface area (Å²) >= 11 is 0. The smallest absolute Gasteiger partial charge is 0.265 e. The monoisotopic (exact) mass is 380 g/mol. The Kier molecular flexibility index (Phi) is 6.00. The number of anilines is 1. The third-order valence-corrected chi connectivity index (χ3v) is 5.39. The maximum atomic E-state index is 13.0. The van der Waals surface area contributed by atoms with Gasteiger partial charge in [-0.1, -0.05) is 30.3 Å². The van der Waals surface area contributed by atoms with Gasteiger partial charge in [-0.15, -0.1) is 0 Å². The topological polar surface area (TPSA) is 42.0 Å². The second-order valence-electron chi connectivity index (χ2n) is 7.42. The van der Waals surface area contributed by atoms with Crippen molar-refractivity contribution in [1.82, 2.24) is 4.90 Å². The summed E-state index contributed by atoms with van der Waals surface area (Å²) in [6, 6.07) is 17.9. The number of likely N-dealkylation sites (tertiary alicyclic amines) is 1. The van der Waals surface area contributed by atoms with Gasteiger partial charge in [0.15, 0.2) is 6.10 Å². The van der Waals surface area contributed by atoms with Gasteiger partial charge in [-0.25, -0.2) is 0 Å². The Bertz CT molecular complexity index is 774. The molecule has 0 N–H and O–H groups in total. The minimum Gasteiger partial charge on any atom is -0.494 e. The predicted molar refractivity (Wildman–Crippen MR) is 110 cm³/mol. The number of para-hydroxylation sites is 3. The van der Waals surface area contributed by atoms with E-state index >= 15 is 0 Å². The first-order valence-electron chi connectivity index (χ1n) is 10.3. The molecule has 1 amide bonds. The van der Waals surface area contributed by atoms with Crippen molar-refractivity contribution < 1.29 is 14.3 Å². The Morgan fingerprint density at radius 3 is 2.57 bits per heavy atom. The molecule has 2 aromatic carbocycles. The molecule has 0 spiro atoms. The van der Waals surface area contributed by atoms with E-state index in [0.717, 1.165) is 56.1 Å². The molecule has 0 bridgehead atoms. The molecule has 2 aromatic rings. The van der Waals surface area contributed by atoms with Crippen molar-refractivity contribution in [3.63, 3.8) is 0 Å². The highest BCUT2D eigenvalue weighted by molar-refractivity contribution is 5.83. The fourth-order valence-corrected chi connectivity index (χ4v) is 3.93. The summed E-state index contributed by atoms with van der Waals surface area (Å²) in [5, 5.41) is 0. The number of nitrogens with zero attached hydrogens (tertiary/aromatic N) is 2. The maximum absolute atomic E-state index is 13.0. The minimum atomic E-state index is -0.428. The molecule has 4 rings (SSSR count). The normalized spacial score (nSPS) is 18.9. The standard InChI is InChI=1S/C23H28N2O3/c26-23(24-14-7-2-8-15-24)22-18-25(20-12-5-6-13-21(20)28-22)16-9-17-27-19-10-3-1-4-11-19/h1,3-6,10-13,22H,2,7-9,14-18H2. The molecular formula is C23H28N2O3. The molecule has 148 valence electrons. The molecule has 0 radical (unpaired) electrons. The summed E-state index contributed by atoms with van der Waals surface area (Å²) in [6.07, 6.45) is 3.85. The van der Waals surface area contributed by atoms with E-state index in [-0.39, 0.29) is 5.91 Å². The van der Waals surface area contributed by atoms with Gasteiger partial charge in [0.25, 0.3) is 5.91 Å². The minimum absolute atomic E-state index is 0.125. The zero-order valence-electron chi connectivity index (χ0n) is 16.3. The summed E-state index contributed by atoms with van der Waals surface area (Å²) in [5.74, 6) is 1.82. The molecule has 2 aliphatic heterocycles. The number of carbonyl (C=O) groups excluding carboxylic acids is 1. The van der Waals surface area contributed by atoms with Gasteiger partial charge in [0.05, 0.1) is 18.8 Å². The summed E-state index contributed by atoms with van der Waals surface area (Å²) in [7, 11) is 0. The van der Waals surface area contributed by atoms with Crippen LogP contribution < -0.4 is 14.4 Å². The molecule has 5 nitrogen and oxygen atoms in total. The lowest BCUT2D eigenvalue weighted by Gasteiger charge is -2.38. The first-order chi connectivity index (χ1) is 13.8. The Morgan fingerprint density at radius 2 is 1.75 bits per heavy atom. The van der Waals surface area contributed by atoms with Crippen molar-refractivity contribution in [3.05, 3.63) is 54.6 Å². The molecule has 1 fully saturated rings. The first kappa shape index (κ1) is 18.7. The highest BCUT2D eigenvalue weighted by Gasteiger charge is 2.33. The van der Waals surface area contributed by atoms with Gasteiger partial charge in [-0.2, -0.15) is 0 Å². The third-order valence-electron chi connectivity index (χ3n) is 5.39. The van der Waals surface area contributed by atoms with Crippen LogP contribution in [0, 0.1) is 0 Å². The van der Waals surface area contributed by atoms with Gasteiger partial charge >= 0.3 is 0 Å². The van der Waals surface area contributed by atoms with Crippen LogP contribution in [0.2, 0.25) is 0 Å². The van der Waals surface area contributed by atoms with E-state index < -0.39 is 6.10 Å². The van der Waals surface area contributed by atoms with Crippen LogP contribution in [-0.4, -0.2) is 49.7 Å². The average molecular weight is 380 g/mol. The molecular weight excluding hydrogens is 352 g/mol. The molecule has 1 unspecified atom stereocenters. The number of carbonyl (C=O) groups is 1. The average Bonchev–Trinajstić information content (AvgIpc) is 2.77. The summed E-state index contributed by atoms with van der Waals surface area (Å²) < 4.78 is 11.9. The van der Waals surface area contributed by atoms with Crippen molar-refractivity contribution in [2.45, 2.75) is 31.8 Å². The summed E-state index contributed by atoms with van der Waals surface area (Å²) in [4.78, 5) is 17.2. The highest BCUT2D eigenvalue weighted by atomic mass is 16.5. The zero-order valence-corrected chi connectivity index (χ0v) is 16.3. The molecule has 1 atom stereocenters. The third kappa shape index (κ3) is 4.41. The molecule has 2 aliphatic rings. The van der Waals surface area contributed by atoms with Gasteiger partial charge in [-0.05, 0) is 49.9 Å². The Balaban J connectivity index is 1.38. The number of ether oxygens (including phenoxy) is 2. The van der Waals surface area contributed by atoms with Crippen LogP contribution in [0.15, 0.2) is 54.6 Å². The number of hydrogen-bond acceptors (Lipinski definition) is 4. The van der Waals surface area contributed by atoms with E-state index in [2.05, 4.69) is 11.0 Å². The van der Waals surface area contributed by atoms with Crippen molar-refractivity contribution >= 4 is 11.6 Å². The van der Waals surface area contributed by atoms with Crippen LogP contribution in [0.25, 0.3) is 0 Å². The molecule has 0 aromatic heterocycles. The number of piperidine rings is 1. The van der Waals surface area contributed by atoms with E-state index in [9.17, 15) is 4.79 Å². The van der Waals surface area contributed by atoms with Gasteiger partial charge in [0, 0.05) is 19.6 Å². The predicted octanol–water partition coefficient (Wildman–Crippen LogP) is 3.74. The Morgan fingerprint density at radius 1 is 1.00 bits per heavy atom. The van der Waals surface area contributed by atoms with Crippen LogP contribution in [0.3, 0.4) is 0 Å². The maximum Gasteiger partial charge on any atom is 0.265 e. The SMILES string of the molecule is O=C(C1CN(CCCOc2ccccc2)c2ccccc2O1)N1CCCCC1. The zero-order chi connectivity index (χ0) is 19.2. The lowest BCUT2D eigenvalue weighted by Crippen LogP contribution is -2.51. The van der Waals surface area contributed by atoms with Crippen molar-refractivity contribution in [3.8, 4) is 11.5 Å². The number of hydrogen-bond donors (Lipinski definition) is 0. The van der Waals surface area contributed by atoms with E-state index in [0.29, 0.717) is 13.2 Å².